The second kappa shape index (κ2) is 5.33. The minimum atomic E-state index is -1.94. The second-order valence-corrected chi connectivity index (χ2v) is 5.05. The SMILES string of the molecule is COC(=O)C1(C(=O)OC)C(c2ccc(Cl)cc2)C1[N+](=O)[O-]. The maximum Gasteiger partial charge on any atom is 0.331 e. The van der Waals surface area contributed by atoms with Crippen LogP contribution < -0.4 is 0 Å². The first-order valence-corrected chi connectivity index (χ1v) is 6.34. The molecule has 0 radical (unpaired) electrons. The third kappa shape index (κ3) is 2.13. The molecule has 0 aromatic heterocycles. The monoisotopic (exact) mass is 313 g/mol. The van der Waals surface area contributed by atoms with Crippen LogP contribution in [0, 0.1) is 15.5 Å². The molecule has 0 spiro atoms. The molecule has 0 aliphatic heterocycles. The summed E-state index contributed by atoms with van der Waals surface area (Å²) in [6, 6.07) is 4.73. The Morgan fingerprint density at radius 2 is 1.67 bits per heavy atom. The van der Waals surface area contributed by atoms with Crippen LogP contribution in [0.5, 0.6) is 0 Å². The van der Waals surface area contributed by atoms with Gasteiger partial charge in [0.2, 0.25) is 11.5 Å². The normalized spacial score (nSPS) is 22.2. The quantitative estimate of drug-likeness (QED) is 0.361. The summed E-state index contributed by atoms with van der Waals surface area (Å²) in [5.41, 5.74) is -1.49. The molecule has 0 N–H and O–H groups in total. The lowest BCUT2D eigenvalue weighted by Gasteiger charge is -2.10. The van der Waals surface area contributed by atoms with E-state index in [1.165, 1.54) is 24.3 Å². The van der Waals surface area contributed by atoms with Crippen molar-refractivity contribution in [2.75, 3.05) is 14.2 Å². The van der Waals surface area contributed by atoms with Gasteiger partial charge in [0, 0.05) is 9.95 Å². The van der Waals surface area contributed by atoms with E-state index in [9.17, 15) is 19.7 Å². The van der Waals surface area contributed by atoms with Crippen LogP contribution in [-0.4, -0.2) is 37.1 Å². The topological polar surface area (TPSA) is 95.7 Å². The lowest BCUT2D eigenvalue weighted by atomic mass is 9.99. The molecule has 1 aliphatic rings. The Labute approximate surface area is 124 Å². The first-order valence-electron chi connectivity index (χ1n) is 5.97. The number of nitrogens with zero attached hydrogens (tertiary/aromatic N) is 1. The minimum absolute atomic E-state index is 0.443. The van der Waals surface area contributed by atoms with Gasteiger partial charge < -0.3 is 9.47 Å². The Morgan fingerprint density at radius 3 is 2.05 bits per heavy atom. The second-order valence-electron chi connectivity index (χ2n) is 4.61. The smallest absolute Gasteiger partial charge is 0.331 e. The van der Waals surface area contributed by atoms with Gasteiger partial charge in [-0.3, -0.25) is 19.7 Å². The Hall–Kier alpha value is -2.15. The van der Waals surface area contributed by atoms with Gasteiger partial charge in [-0.2, -0.15) is 0 Å². The Kier molecular flexibility index (Phi) is 3.87. The fraction of sp³-hybridized carbons (Fsp3) is 0.385. The minimum Gasteiger partial charge on any atom is -0.468 e. The summed E-state index contributed by atoms with van der Waals surface area (Å²) in [6.07, 6.45) is 0. The maximum atomic E-state index is 12.0. The predicted octanol–water partition coefficient (Wildman–Crippen LogP) is 1.41. The number of hydrogen-bond donors (Lipinski definition) is 0. The van der Waals surface area contributed by atoms with Crippen LogP contribution in [0.15, 0.2) is 24.3 Å². The van der Waals surface area contributed by atoms with Gasteiger partial charge in [0.25, 0.3) is 0 Å². The largest absolute Gasteiger partial charge is 0.468 e. The van der Waals surface area contributed by atoms with Gasteiger partial charge in [-0.25, -0.2) is 0 Å². The van der Waals surface area contributed by atoms with Crippen LogP contribution in [0.3, 0.4) is 0 Å². The predicted molar refractivity (Wildman–Crippen MR) is 71.4 cm³/mol. The molecule has 1 aliphatic carbocycles. The summed E-state index contributed by atoms with van der Waals surface area (Å²) >= 11 is 5.77. The number of benzene rings is 1. The van der Waals surface area contributed by atoms with Gasteiger partial charge in [0.05, 0.1) is 20.1 Å². The Balaban J connectivity index is 2.52. The van der Waals surface area contributed by atoms with Gasteiger partial charge in [-0.05, 0) is 17.7 Å². The number of nitro groups is 1. The van der Waals surface area contributed by atoms with Crippen LogP contribution in [0.25, 0.3) is 0 Å². The summed E-state index contributed by atoms with van der Waals surface area (Å²) in [5, 5.41) is 11.7. The highest BCUT2D eigenvalue weighted by molar-refractivity contribution is 6.30. The van der Waals surface area contributed by atoms with E-state index in [0.717, 1.165) is 14.2 Å². The lowest BCUT2D eigenvalue weighted by molar-refractivity contribution is -0.501. The molecule has 2 unspecified atom stereocenters. The number of hydrogen-bond acceptors (Lipinski definition) is 6. The highest BCUT2D eigenvalue weighted by Crippen LogP contribution is 2.62. The maximum absolute atomic E-state index is 12.0. The standard InChI is InChI=1S/C13H12ClNO6/c1-20-11(16)13(12(17)21-2)9(10(13)15(18)19)7-3-5-8(14)6-4-7/h3-6,9-10H,1-2H3. The van der Waals surface area contributed by atoms with Crippen molar-refractivity contribution in [2.24, 2.45) is 5.41 Å². The number of esters is 2. The molecule has 0 saturated heterocycles. The van der Waals surface area contributed by atoms with Crippen LogP contribution in [0.2, 0.25) is 5.02 Å². The molecule has 2 rings (SSSR count). The van der Waals surface area contributed by atoms with E-state index < -0.39 is 34.2 Å². The Morgan fingerprint density at radius 1 is 1.19 bits per heavy atom. The fourth-order valence-electron chi connectivity index (χ4n) is 2.69. The van der Waals surface area contributed by atoms with Gasteiger partial charge in [-0.15, -0.1) is 0 Å². The van der Waals surface area contributed by atoms with Crippen molar-refractivity contribution in [1.29, 1.82) is 0 Å². The third-order valence-electron chi connectivity index (χ3n) is 3.67. The molecule has 0 heterocycles. The van der Waals surface area contributed by atoms with Crippen LogP contribution >= 0.6 is 11.6 Å². The molecule has 1 fully saturated rings. The van der Waals surface area contributed by atoms with Crippen molar-refractivity contribution in [1.82, 2.24) is 0 Å². The highest BCUT2D eigenvalue weighted by atomic mass is 35.5. The van der Waals surface area contributed by atoms with Crippen molar-refractivity contribution >= 4 is 23.5 Å². The van der Waals surface area contributed by atoms with Gasteiger partial charge in [0.1, 0.15) is 0 Å². The number of carbonyl (C=O) groups excluding carboxylic acids is 2. The first kappa shape index (κ1) is 15.2. The van der Waals surface area contributed by atoms with E-state index in [1.54, 1.807) is 0 Å². The van der Waals surface area contributed by atoms with E-state index in [0.29, 0.717) is 10.6 Å². The molecular formula is C13H12ClNO6. The number of methoxy groups -OCH3 is 2. The van der Waals surface area contributed by atoms with Crippen LogP contribution in [0.1, 0.15) is 11.5 Å². The van der Waals surface area contributed by atoms with Crippen LogP contribution in [-0.2, 0) is 19.1 Å². The molecule has 0 bridgehead atoms. The van der Waals surface area contributed by atoms with E-state index in [2.05, 4.69) is 9.47 Å². The van der Waals surface area contributed by atoms with Gasteiger partial charge >= 0.3 is 11.9 Å². The zero-order valence-corrected chi connectivity index (χ0v) is 12.0. The van der Waals surface area contributed by atoms with Crippen molar-refractivity contribution in [3.8, 4) is 0 Å². The van der Waals surface area contributed by atoms with Crippen molar-refractivity contribution in [2.45, 2.75) is 12.0 Å². The van der Waals surface area contributed by atoms with E-state index >= 15 is 0 Å². The number of rotatable bonds is 4. The molecule has 1 aromatic rings. The average molecular weight is 314 g/mol. The van der Waals surface area contributed by atoms with Gasteiger partial charge in [-0.1, -0.05) is 23.7 Å². The number of ether oxygens (including phenoxy) is 2. The average Bonchev–Trinajstić information content (AvgIpc) is 3.17. The molecule has 112 valence electrons. The fourth-order valence-corrected chi connectivity index (χ4v) is 2.82. The molecule has 1 saturated carbocycles. The summed E-state index contributed by atoms with van der Waals surface area (Å²) in [6.45, 7) is 0. The zero-order valence-electron chi connectivity index (χ0n) is 11.2. The molecule has 7 nitrogen and oxygen atoms in total. The Bertz CT molecular complexity index is 583. The summed E-state index contributed by atoms with van der Waals surface area (Å²) < 4.78 is 9.17. The highest BCUT2D eigenvalue weighted by Gasteiger charge is 2.85. The van der Waals surface area contributed by atoms with E-state index in [1.807, 2.05) is 0 Å². The molecular weight excluding hydrogens is 302 g/mol. The van der Waals surface area contributed by atoms with E-state index in [4.69, 9.17) is 11.6 Å². The third-order valence-corrected chi connectivity index (χ3v) is 3.92. The molecule has 0 amide bonds. The number of carbonyl (C=O) groups is 2. The summed E-state index contributed by atoms with van der Waals surface area (Å²) in [5.74, 6) is -2.89. The molecule has 21 heavy (non-hydrogen) atoms. The zero-order chi connectivity index (χ0) is 15.8. The van der Waals surface area contributed by atoms with Gasteiger partial charge in [0.15, 0.2) is 0 Å². The van der Waals surface area contributed by atoms with Crippen molar-refractivity contribution in [3.05, 3.63) is 45.0 Å². The van der Waals surface area contributed by atoms with E-state index in [-0.39, 0.29) is 0 Å². The summed E-state index contributed by atoms with van der Waals surface area (Å²) in [7, 11) is 2.14. The van der Waals surface area contributed by atoms with Crippen LogP contribution in [0.4, 0.5) is 0 Å². The molecule has 1 aromatic carbocycles. The molecule has 8 heteroatoms. The molecule has 2 atom stereocenters. The van der Waals surface area contributed by atoms with Crippen molar-refractivity contribution < 1.29 is 24.0 Å². The van der Waals surface area contributed by atoms with Crippen molar-refractivity contribution in [3.63, 3.8) is 0 Å². The number of halogens is 1. The summed E-state index contributed by atoms with van der Waals surface area (Å²) in [4.78, 5) is 34.6. The lowest BCUT2D eigenvalue weighted by Crippen LogP contribution is -2.34. The first-order chi connectivity index (χ1) is 9.91.